The molecular weight excluding hydrogens is 358 g/mol. The number of imidazole rings is 1. The van der Waals surface area contributed by atoms with Gasteiger partial charge in [-0.05, 0) is 37.5 Å². The van der Waals surface area contributed by atoms with Crippen LogP contribution in [0.5, 0.6) is 0 Å². The Kier molecular flexibility index (Phi) is 4.43. The zero-order chi connectivity index (χ0) is 19.8. The molecule has 142 valence electrons. The van der Waals surface area contributed by atoms with E-state index in [1.165, 1.54) is 0 Å². The summed E-state index contributed by atoms with van der Waals surface area (Å²) < 4.78 is 7.50. The Balaban J connectivity index is 1.75. The van der Waals surface area contributed by atoms with E-state index in [4.69, 9.17) is 4.42 Å². The number of allylic oxidation sites excluding steroid dienone is 3. The van der Waals surface area contributed by atoms with E-state index in [0.29, 0.717) is 30.4 Å². The largest absolute Gasteiger partial charge is 0.422 e. The van der Waals surface area contributed by atoms with E-state index < -0.39 is 10.5 Å². The molecule has 0 saturated heterocycles. The molecule has 1 aromatic carbocycles. The van der Waals surface area contributed by atoms with Crippen LogP contribution in [0.2, 0.25) is 0 Å². The molecule has 0 unspecified atom stereocenters. The third-order valence-corrected chi connectivity index (χ3v) is 5.15. The van der Waals surface area contributed by atoms with E-state index in [-0.39, 0.29) is 5.70 Å². The maximum atomic E-state index is 12.6. The van der Waals surface area contributed by atoms with E-state index in [0.717, 1.165) is 27.9 Å². The molecule has 0 amide bonds. The van der Waals surface area contributed by atoms with Crippen molar-refractivity contribution in [2.45, 2.75) is 26.2 Å². The third-order valence-electron chi connectivity index (χ3n) is 5.15. The highest BCUT2D eigenvalue weighted by atomic mass is 16.6. The number of nitrogens with zero attached hydrogens (tertiary/aromatic N) is 3. The second-order valence-corrected chi connectivity index (χ2v) is 6.97. The molecule has 2 aromatic heterocycles. The van der Waals surface area contributed by atoms with Crippen LogP contribution in [0.4, 0.5) is 0 Å². The monoisotopic (exact) mass is 377 g/mol. The lowest BCUT2D eigenvalue weighted by Gasteiger charge is -2.12. The molecule has 7 nitrogen and oxygen atoms in total. The molecule has 0 bridgehead atoms. The molecule has 1 aliphatic carbocycles. The van der Waals surface area contributed by atoms with Crippen molar-refractivity contribution in [2.24, 2.45) is 7.05 Å². The molecule has 4 rings (SSSR count). The Bertz CT molecular complexity index is 1210. The third kappa shape index (κ3) is 3.15. The summed E-state index contributed by atoms with van der Waals surface area (Å²) in [5, 5.41) is 11.9. The Morgan fingerprint density at radius 2 is 2.18 bits per heavy atom. The Labute approximate surface area is 160 Å². The molecule has 28 heavy (non-hydrogen) atoms. The number of aryl methyl sites for hydroxylation is 2. The molecule has 0 spiro atoms. The second kappa shape index (κ2) is 6.92. The number of hydrogen-bond donors (Lipinski definition) is 0. The highest BCUT2D eigenvalue weighted by Crippen LogP contribution is 2.28. The van der Waals surface area contributed by atoms with Crippen LogP contribution in [0, 0.1) is 17.0 Å². The Morgan fingerprint density at radius 1 is 1.36 bits per heavy atom. The van der Waals surface area contributed by atoms with Gasteiger partial charge in [0.1, 0.15) is 11.4 Å². The maximum Gasteiger partial charge on any atom is 0.340 e. The molecule has 0 atom stereocenters. The van der Waals surface area contributed by atoms with Gasteiger partial charge in [0.25, 0.3) is 5.70 Å². The predicted octanol–water partition coefficient (Wildman–Crippen LogP) is 3.93. The first-order chi connectivity index (χ1) is 13.4. The first-order valence-corrected chi connectivity index (χ1v) is 9.02. The molecule has 0 aliphatic heterocycles. The smallest absolute Gasteiger partial charge is 0.340 e. The van der Waals surface area contributed by atoms with Gasteiger partial charge in [0.2, 0.25) is 0 Å². The second-order valence-electron chi connectivity index (χ2n) is 6.97. The summed E-state index contributed by atoms with van der Waals surface area (Å²) in [6.45, 7) is 1.89. The van der Waals surface area contributed by atoms with Gasteiger partial charge in [-0.2, -0.15) is 0 Å². The van der Waals surface area contributed by atoms with Crippen LogP contribution < -0.4 is 5.63 Å². The summed E-state index contributed by atoms with van der Waals surface area (Å²) in [5.74, 6) is 0.790. The van der Waals surface area contributed by atoms with Crippen molar-refractivity contribution in [3.05, 3.63) is 85.7 Å². The molecule has 0 N–H and O–H groups in total. The Morgan fingerprint density at radius 3 is 2.89 bits per heavy atom. The fourth-order valence-corrected chi connectivity index (χ4v) is 3.62. The minimum Gasteiger partial charge on any atom is -0.422 e. The van der Waals surface area contributed by atoms with Crippen LogP contribution in [0.1, 0.15) is 24.0 Å². The van der Waals surface area contributed by atoms with Gasteiger partial charge in [0.05, 0.1) is 4.92 Å². The van der Waals surface area contributed by atoms with Crippen LogP contribution in [-0.4, -0.2) is 14.5 Å². The highest BCUT2D eigenvalue weighted by Gasteiger charge is 2.18. The SMILES string of the molecule is Cc1c(CC2=CC([N+](=O)[O-])=CCC2)c(=O)oc2cc(-c3nccn3C)ccc12. The minimum atomic E-state index is -0.403. The van der Waals surface area contributed by atoms with Crippen LogP contribution in [0.15, 0.2) is 63.2 Å². The van der Waals surface area contributed by atoms with E-state index in [1.54, 1.807) is 18.3 Å². The normalized spacial score (nSPS) is 14.1. The van der Waals surface area contributed by atoms with Crippen molar-refractivity contribution in [2.75, 3.05) is 0 Å². The lowest BCUT2D eigenvalue weighted by Crippen LogP contribution is -2.13. The summed E-state index contributed by atoms with van der Waals surface area (Å²) >= 11 is 0. The van der Waals surface area contributed by atoms with Gasteiger partial charge in [-0.25, -0.2) is 9.78 Å². The predicted molar refractivity (Wildman–Crippen MR) is 106 cm³/mol. The lowest BCUT2D eigenvalue weighted by molar-refractivity contribution is -0.419. The van der Waals surface area contributed by atoms with Gasteiger partial charge in [0.15, 0.2) is 0 Å². The number of nitro groups is 1. The summed E-state index contributed by atoms with van der Waals surface area (Å²) in [6, 6.07) is 5.71. The topological polar surface area (TPSA) is 91.2 Å². The molecule has 0 saturated carbocycles. The first kappa shape index (κ1) is 17.9. The first-order valence-electron chi connectivity index (χ1n) is 9.02. The van der Waals surface area contributed by atoms with Gasteiger partial charge < -0.3 is 8.98 Å². The number of fused-ring (bicyclic) bond motifs is 1. The van der Waals surface area contributed by atoms with Crippen molar-refractivity contribution >= 4 is 11.0 Å². The van der Waals surface area contributed by atoms with Gasteiger partial charge in [-0.15, -0.1) is 0 Å². The summed E-state index contributed by atoms with van der Waals surface area (Å²) in [7, 11) is 1.91. The van der Waals surface area contributed by atoms with Crippen LogP contribution in [0.3, 0.4) is 0 Å². The van der Waals surface area contributed by atoms with Crippen molar-refractivity contribution in [1.29, 1.82) is 0 Å². The molecule has 0 radical (unpaired) electrons. The number of rotatable bonds is 4. The van der Waals surface area contributed by atoms with Crippen molar-refractivity contribution in [1.82, 2.24) is 9.55 Å². The molecule has 0 fully saturated rings. The lowest BCUT2D eigenvalue weighted by atomic mass is 9.94. The van der Waals surface area contributed by atoms with Crippen molar-refractivity contribution in [3.8, 4) is 11.4 Å². The zero-order valence-corrected chi connectivity index (χ0v) is 15.6. The van der Waals surface area contributed by atoms with Crippen LogP contribution >= 0.6 is 0 Å². The highest BCUT2D eigenvalue weighted by molar-refractivity contribution is 5.85. The fraction of sp³-hybridized carbons (Fsp3) is 0.238. The van der Waals surface area contributed by atoms with Gasteiger partial charge in [-0.1, -0.05) is 17.7 Å². The quantitative estimate of drug-likeness (QED) is 0.390. The molecular formula is C21H19N3O4. The number of benzene rings is 1. The van der Waals surface area contributed by atoms with Crippen molar-refractivity contribution < 1.29 is 9.34 Å². The van der Waals surface area contributed by atoms with E-state index in [9.17, 15) is 14.9 Å². The van der Waals surface area contributed by atoms with Crippen molar-refractivity contribution in [3.63, 3.8) is 0 Å². The molecule has 3 aromatic rings. The standard InChI is InChI=1S/C21H19N3O4/c1-13-17-7-6-15(20-22-8-9-23(20)2)12-19(17)28-21(25)18(13)11-14-4-3-5-16(10-14)24(26)27/h5-10,12H,3-4,11H2,1-2H3. The van der Waals surface area contributed by atoms with Crippen LogP contribution in [0.25, 0.3) is 22.4 Å². The summed E-state index contributed by atoms with van der Waals surface area (Å²) in [5.41, 5.74) is 3.32. The average Bonchev–Trinajstić information content (AvgIpc) is 3.11. The summed E-state index contributed by atoms with van der Waals surface area (Å²) in [4.78, 5) is 27.6. The van der Waals surface area contributed by atoms with E-state index >= 15 is 0 Å². The van der Waals surface area contributed by atoms with Crippen LogP contribution in [-0.2, 0) is 13.5 Å². The Hall–Kier alpha value is -3.48. The number of aromatic nitrogens is 2. The average molecular weight is 377 g/mol. The molecule has 2 heterocycles. The zero-order valence-electron chi connectivity index (χ0n) is 15.6. The number of hydrogen-bond acceptors (Lipinski definition) is 5. The fourth-order valence-electron chi connectivity index (χ4n) is 3.62. The van der Waals surface area contributed by atoms with Gasteiger partial charge in [0, 0.05) is 48.5 Å². The summed E-state index contributed by atoms with van der Waals surface area (Å²) in [6.07, 6.45) is 8.41. The van der Waals surface area contributed by atoms with E-state index in [2.05, 4.69) is 4.98 Å². The molecule has 1 aliphatic rings. The van der Waals surface area contributed by atoms with Gasteiger partial charge in [-0.3, -0.25) is 10.1 Å². The molecule has 7 heteroatoms. The van der Waals surface area contributed by atoms with E-state index in [1.807, 2.05) is 42.9 Å². The maximum absolute atomic E-state index is 12.6. The minimum absolute atomic E-state index is 0.0868. The van der Waals surface area contributed by atoms with Gasteiger partial charge >= 0.3 is 5.63 Å².